The third kappa shape index (κ3) is 5.19. The van der Waals surface area contributed by atoms with Crippen LogP contribution < -0.4 is 5.32 Å². The maximum atomic E-state index is 9.89. The monoisotopic (exact) mass is 255 g/mol. The molecule has 1 rings (SSSR count). The van der Waals surface area contributed by atoms with Gasteiger partial charge in [-0.1, -0.05) is 33.8 Å². The van der Waals surface area contributed by atoms with Gasteiger partial charge in [0.25, 0.3) is 0 Å². The first-order valence-electron chi connectivity index (χ1n) is 6.45. The Labute approximate surface area is 109 Å². The second kappa shape index (κ2) is 7.14. The van der Waals surface area contributed by atoms with Gasteiger partial charge in [0.2, 0.25) is 0 Å². The van der Waals surface area contributed by atoms with Crippen molar-refractivity contribution in [2.75, 3.05) is 6.54 Å². The molecule has 0 fully saturated rings. The molecule has 0 radical (unpaired) electrons. The Hall–Kier alpha value is -0.380. The van der Waals surface area contributed by atoms with E-state index in [1.807, 2.05) is 0 Å². The summed E-state index contributed by atoms with van der Waals surface area (Å²) in [6.45, 7) is 9.39. The molecule has 3 heteroatoms. The predicted molar refractivity (Wildman–Crippen MR) is 75.4 cm³/mol. The standard InChI is InChI=1S/C14H25NOS/c1-10(2)8-12(16)9-15-14(11(3)4)13-6-5-7-17-13/h5-7,10-12,14-16H,8-9H2,1-4H3. The number of nitrogens with one attached hydrogen (secondary N) is 1. The van der Waals surface area contributed by atoms with Crippen molar-refractivity contribution in [1.29, 1.82) is 0 Å². The zero-order valence-corrected chi connectivity index (χ0v) is 12.1. The summed E-state index contributed by atoms with van der Waals surface area (Å²) in [7, 11) is 0. The molecule has 98 valence electrons. The van der Waals surface area contributed by atoms with Crippen LogP contribution in [-0.2, 0) is 0 Å². The lowest BCUT2D eigenvalue weighted by atomic mass is 10.0. The summed E-state index contributed by atoms with van der Waals surface area (Å²) in [6.07, 6.45) is 0.624. The Balaban J connectivity index is 2.46. The molecule has 2 nitrogen and oxygen atoms in total. The van der Waals surface area contributed by atoms with E-state index in [-0.39, 0.29) is 6.10 Å². The zero-order chi connectivity index (χ0) is 12.8. The fraction of sp³-hybridized carbons (Fsp3) is 0.714. The van der Waals surface area contributed by atoms with E-state index in [0.717, 1.165) is 6.42 Å². The minimum Gasteiger partial charge on any atom is -0.392 e. The molecule has 0 spiro atoms. The number of rotatable bonds is 7. The van der Waals surface area contributed by atoms with Crippen molar-refractivity contribution < 1.29 is 5.11 Å². The molecule has 2 N–H and O–H groups in total. The Morgan fingerprint density at radius 1 is 1.29 bits per heavy atom. The van der Waals surface area contributed by atoms with Gasteiger partial charge in [0, 0.05) is 17.5 Å². The third-order valence-corrected chi connectivity index (χ3v) is 3.79. The summed E-state index contributed by atoms with van der Waals surface area (Å²) in [6, 6.07) is 4.61. The lowest BCUT2D eigenvalue weighted by molar-refractivity contribution is 0.139. The van der Waals surface area contributed by atoms with Crippen LogP contribution in [0.3, 0.4) is 0 Å². The van der Waals surface area contributed by atoms with Crippen molar-refractivity contribution in [3.63, 3.8) is 0 Å². The van der Waals surface area contributed by atoms with Crippen molar-refractivity contribution in [2.45, 2.75) is 46.3 Å². The van der Waals surface area contributed by atoms with E-state index in [9.17, 15) is 5.11 Å². The molecule has 1 heterocycles. The summed E-state index contributed by atoms with van der Waals surface area (Å²) in [5, 5.41) is 15.5. The SMILES string of the molecule is CC(C)CC(O)CNC(c1cccs1)C(C)C. The normalized spacial score (nSPS) is 15.5. The number of thiophene rings is 1. The first kappa shape index (κ1) is 14.7. The van der Waals surface area contributed by atoms with Crippen LogP contribution in [0.1, 0.15) is 45.0 Å². The highest BCUT2D eigenvalue weighted by Gasteiger charge is 2.17. The molecule has 0 saturated heterocycles. The van der Waals surface area contributed by atoms with Crippen molar-refractivity contribution in [3.05, 3.63) is 22.4 Å². The van der Waals surface area contributed by atoms with Gasteiger partial charge in [-0.25, -0.2) is 0 Å². The first-order chi connectivity index (χ1) is 8.00. The smallest absolute Gasteiger partial charge is 0.0667 e. The van der Waals surface area contributed by atoms with Crippen LogP contribution in [0.15, 0.2) is 17.5 Å². The van der Waals surface area contributed by atoms with Crippen LogP contribution in [0.2, 0.25) is 0 Å². The summed E-state index contributed by atoms with van der Waals surface area (Å²) >= 11 is 1.78. The minimum atomic E-state index is -0.240. The molecule has 2 unspecified atom stereocenters. The van der Waals surface area contributed by atoms with Gasteiger partial charge in [0.05, 0.1) is 6.10 Å². The van der Waals surface area contributed by atoms with Crippen molar-refractivity contribution in [1.82, 2.24) is 5.32 Å². The van der Waals surface area contributed by atoms with Crippen LogP contribution in [0.25, 0.3) is 0 Å². The Morgan fingerprint density at radius 2 is 2.00 bits per heavy atom. The lowest BCUT2D eigenvalue weighted by Gasteiger charge is -2.23. The third-order valence-electron chi connectivity index (χ3n) is 2.83. The average molecular weight is 255 g/mol. The Morgan fingerprint density at radius 3 is 2.47 bits per heavy atom. The van der Waals surface area contributed by atoms with Gasteiger partial charge < -0.3 is 10.4 Å². The molecule has 0 aliphatic rings. The van der Waals surface area contributed by atoms with E-state index in [4.69, 9.17) is 0 Å². The molecular formula is C14H25NOS. The van der Waals surface area contributed by atoms with E-state index in [2.05, 4.69) is 50.5 Å². The van der Waals surface area contributed by atoms with Crippen molar-refractivity contribution >= 4 is 11.3 Å². The van der Waals surface area contributed by atoms with Gasteiger partial charge in [0.1, 0.15) is 0 Å². The molecule has 17 heavy (non-hydrogen) atoms. The van der Waals surface area contributed by atoms with Crippen LogP contribution in [-0.4, -0.2) is 17.8 Å². The van der Waals surface area contributed by atoms with Gasteiger partial charge in [-0.05, 0) is 29.7 Å². The fourth-order valence-electron chi connectivity index (χ4n) is 2.02. The molecule has 2 atom stereocenters. The molecular weight excluding hydrogens is 230 g/mol. The minimum absolute atomic E-state index is 0.240. The van der Waals surface area contributed by atoms with E-state index in [1.165, 1.54) is 4.88 Å². The van der Waals surface area contributed by atoms with Crippen molar-refractivity contribution in [3.8, 4) is 0 Å². The van der Waals surface area contributed by atoms with E-state index >= 15 is 0 Å². The van der Waals surface area contributed by atoms with Crippen LogP contribution in [0, 0.1) is 11.8 Å². The van der Waals surface area contributed by atoms with Gasteiger partial charge in [-0.3, -0.25) is 0 Å². The highest BCUT2D eigenvalue weighted by molar-refractivity contribution is 7.10. The highest BCUT2D eigenvalue weighted by atomic mass is 32.1. The second-order valence-electron chi connectivity index (χ2n) is 5.43. The number of aliphatic hydroxyl groups is 1. The Kier molecular flexibility index (Phi) is 6.17. The zero-order valence-electron chi connectivity index (χ0n) is 11.3. The predicted octanol–water partition coefficient (Wildman–Crippen LogP) is 3.44. The summed E-state index contributed by atoms with van der Waals surface area (Å²) in [5.41, 5.74) is 0. The maximum Gasteiger partial charge on any atom is 0.0667 e. The van der Waals surface area contributed by atoms with Crippen LogP contribution in [0.5, 0.6) is 0 Å². The van der Waals surface area contributed by atoms with E-state index in [0.29, 0.717) is 24.4 Å². The molecule has 0 aliphatic heterocycles. The molecule has 0 saturated carbocycles. The van der Waals surface area contributed by atoms with Gasteiger partial charge in [-0.15, -0.1) is 11.3 Å². The largest absolute Gasteiger partial charge is 0.392 e. The molecule has 0 bridgehead atoms. The van der Waals surface area contributed by atoms with Gasteiger partial charge in [-0.2, -0.15) is 0 Å². The van der Waals surface area contributed by atoms with Crippen molar-refractivity contribution in [2.24, 2.45) is 11.8 Å². The second-order valence-corrected chi connectivity index (χ2v) is 6.41. The fourth-order valence-corrected chi connectivity index (χ4v) is 3.00. The lowest BCUT2D eigenvalue weighted by Crippen LogP contribution is -2.33. The number of aliphatic hydroxyl groups excluding tert-OH is 1. The summed E-state index contributed by atoms with van der Waals surface area (Å²) < 4.78 is 0. The molecule has 1 aromatic heterocycles. The molecule has 0 aromatic carbocycles. The Bertz CT molecular complexity index is 295. The summed E-state index contributed by atoms with van der Waals surface area (Å²) in [4.78, 5) is 1.36. The van der Waals surface area contributed by atoms with E-state index < -0.39 is 0 Å². The first-order valence-corrected chi connectivity index (χ1v) is 7.33. The van der Waals surface area contributed by atoms with Crippen LogP contribution >= 0.6 is 11.3 Å². The highest BCUT2D eigenvalue weighted by Crippen LogP contribution is 2.25. The van der Waals surface area contributed by atoms with Gasteiger partial charge in [0.15, 0.2) is 0 Å². The topological polar surface area (TPSA) is 32.3 Å². The molecule has 0 amide bonds. The molecule has 0 aliphatic carbocycles. The maximum absolute atomic E-state index is 9.89. The molecule has 1 aromatic rings. The average Bonchev–Trinajstić information content (AvgIpc) is 2.69. The van der Waals surface area contributed by atoms with Gasteiger partial charge >= 0.3 is 0 Å². The number of hydrogen-bond donors (Lipinski definition) is 2. The quantitative estimate of drug-likeness (QED) is 0.782. The summed E-state index contributed by atoms with van der Waals surface area (Å²) in [5.74, 6) is 1.09. The number of hydrogen-bond acceptors (Lipinski definition) is 3. The van der Waals surface area contributed by atoms with E-state index in [1.54, 1.807) is 11.3 Å². The van der Waals surface area contributed by atoms with Crippen LogP contribution in [0.4, 0.5) is 0 Å².